The van der Waals surface area contributed by atoms with Gasteiger partial charge < -0.3 is 5.73 Å². The van der Waals surface area contributed by atoms with Crippen molar-refractivity contribution in [1.82, 2.24) is 19.7 Å². The zero-order chi connectivity index (χ0) is 14.0. The minimum absolute atomic E-state index is 0.185. The van der Waals surface area contributed by atoms with Crippen LogP contribution in [0.1, 0.15) is 28.8 Å². The van der Waals surface area contributed by atoms with Crippen LogP contribution in [0.5, 0.6) is 0 Å². The Hall–Kier alpha value is -2.44. The van der Waals surface area contributed by atoms with Gasteiger partial charge >= 0.3 is 0 Å². The number of aromatic nitrogens is 4. The van der Waals surface area contributed by atoms with E-state index in [1.54, 1.807) is 10.9 Å². The fourth-order valence-electron chi connectivity index (χ4n) is 1.72. The molecule has 0 radical (unpaired) electrons. The maximum Gasteiger partial charge on any atom is 0.280 e. The van der Waals surface area contributed by atoms with Crippen LogP contribution >= 0.6 is 0 Å². The first-order valence-electron chi connectivity index (χ1n) is 5.96. The van der Waals surface area contributed by atoms with Crippen LogP contribution in [0.25, 0.3) is 0 Å². The van der Waals surface area contributed by atoms with Gasteiger partial charge in [0.25, 0.3) is 5.91 Å². The lowest BCUT2D eigenvalue weighted by Crippen LogP contribution is -2.17. The van der Waals surface area contributed by atoms with Gasteiger partial charge in [-0.1, -0.05) is 0 Å². The number of aryl methyl sites for hydroxylation is 3. The number of amides is 1. The Morgan fingerprint density at radius 2 is 2.00 bits per heavy atom. The first-order valence-corrected chi connectivity index (χ1v) is 5.96. The number of nitrogen functional groups attached to an aromatic ring is 1. The Bertz CT molecular complexity index is 598. The maximum atomic E-state index is 12.0. The number of nitrogens with two attached hydrogens (primary N) is 1. The average molecular weight is 260 g/mol. The molecule has 0 aromatic carbocycles. The van der Waals surface area contributed by atoms with Gasteiger partial charge in [0.15, 0.2) is 5.69 Å². The number of carbonyl (C=O) groups excluding carboxylic acids is 1. The van der Waals surface area contributed by atoms with Gasteiger partial charge in [-0.2, -0.15) is 5.10 Å². The van der Waals surface area contributed by atoms with Crippen LogP contribution in [0, 0.1) is 13.8 Å². The van der Waals surface area contributed by atoms with E-state index in [0.717, 1.165) is 11.4 Å². The van der Waals surface area contributed by atoms with E-state index in [4.69, 9.17) is 5.73 Å². The van der Waals surface area contributed by atoms with Gasteiger partial charge in [0.1, 0.15) is 0 Å². The molecule has 0 aliphatic heterocycles. The number of hydrogen-bond acceptors (Lipinski definition) is 5. The van der Waals surface area contributed by atoms with E-state index < -0.39 is 5.91 Å². The normalized spacial score (nSPS) is 10.5. The number of nitrogens with zero attached hydrogens (tertiary/aromatic N) is 4. The molecule has 1 amide bonds. The summed E-state index contributed by atoms with van der Waals surface area (Å²) >= 11 is 0. The second kappa shape index (κ2) is 5.05. The van der Waals surface area contributed by atoms with Crippen molar-refractivity contribution in [1.29, 1.82) is 0 Å². The van der Waals surface area contributed by atoms with Crippen molar-refractivity contribution < 1.29 is 4.79 Å². The number of anilines is 2. The molecule has 2 heterocycles. The first kappa shape index (κ1) is 13.0. The van der Waals surface area contributed by atoms with Crippen molar-refractivity contribution in [2.75, 3.05) is 11.1 Å². The van der Waals surface area contributed by atoms with Crippen molar-refractivity contribution in [2.45, 2.75) is 27.3 Å². The summed E-state index contributed by atoms with van der Waals surface area (Å²) in [5.74, 6) is -0.150. The fraction of sp³-hybridized carbons (Fsp3) is 0.333. The molecule has 3 N–H and O–H groups in total. The van der Waals surface area contributed by atoms with Crippen molar-refractivity contribution in [3.8, 4) is 0 Å². The van der Waals surface area contributed by atoms with Gasteiger partial charge in [-0.15, -0.1) is 0 Å². The number of nitrogens with one attached hydrogen (secondary N) is 1. The predicted molar refractivity (Wildman–Crippen MR) is 71.8 cm³/mol. The van der Waals surface area contributed by atoms with E-state index in [2.05, 4.69) is 20.4 Å². The molecule has 7 nitrogen and oxygen atoms in total. The Labute approximate surface area is 110 Å². The monoisotopic (exact) mass is 260 g/mol. The molecule has 0 saturated heterocycles. The Morgan fingerprint density at radius 3 is 2.53 bits per heavy atom. The molecule has 19 heavy (non-hydrogen) atoms. The third-order valence-electron chi connectivity index (χ3n) is 2.54. The number of hydrogen-bond donors (Lipinski definition) is 2. The molecular weight excluding hydrogens is 244 g/mol. The lowest BCUT2D eigenvalue weighted by atomic mass is 10.3. The zero-order valence-electron chi connectivity index (χ0n) is 11.1. The van der Waals surface area contributed by atoms with E-state index in [1.165, 1.54) is 0 Å². The van der Waals surface area contributed by atoms with E-state index in [9.17, 15) is 4.79 Å². The summed E-state index contributed by atoms with van der Waals surface area (Å²) in [5.41, 5.74) is 7.84. The first-order chi connectivity index (χ1) is 8.99. The third-order valence-corrected chi connectivity index (χ3v) is 2.54. The van der Waals surface area contributed by atoms with Gasteiger partial charge in [0.2, 0.25) is 5.95 Å². The second-order valence-corrected chi connectivity index (χ2v) is 4.22. The molecule has 0 unspecified atom stereocenters. The molecule has 0 spiro atoms. The molecule has 0 fully saturated rings. The van der Waals surface area contributed by atoms with Crippen LogP contribution in [0.4, 0.5) is 11.6 Å². The van der Waals surface area contributed by atoms with Gasteiger partial charge in [0, 0.05) is 24.1 Å². The summed E-state index contributed by atoms with van der Waals surface area (Å²) in [5, 5.41) is 6.69. The molecule has 0 atom stereocenters. The van der Waals surface area contributed by atoms with E-state index in [1.807, 2.05) is 26.8 Å². The van der Waals surface area contributed by atoms with Crippen molar-refractivity contribution in [3.63, 3.8) is 0 Å². The average Bonchev–Trinajstić information content (AvgIpc) is 2.69. The van der Waals surface area contributed by atoms with E-state index in [0.29, 0.717) is 12.2 Å². The highest BCUT2D eigenvalue weighted by atomic mass is 16.2. The highest BCUT2D eigenvalue weighted by Gasteiger charge is 2.16. The molecular formula is C12H16N6O. The highest BCUT2D eigenvalue weighted by molar-refractivity contribution is 6.05. The van der Waals surface area contributed by atoms with Crippen LogP contribution in [-0.2, 0) is 6.54 Å². The largest absolute Gasteiger partial charge is 0.396 e. The quantitative estimate of drug-likeness (QED) is 0.862. The standard InChI is InChI=1S/C12H16N6O/c1-4-18-6-9(13)10(17-18)11(19)16-12-14-7(2)5-8(3)15-12/h5-6H,4,13H2,1-3H3,(H,14,15,16,19). The lowest BCUT2D eigenvalue weighted by Gasteiger charge is -2.04. The zero-order valence-corrected chi connectivity index (χ0v) is 11.1. The third kappa shape index (κ3) is 2.87. The fourth-order valence-corrected chi connectivity index (χ4v) is 1.72. The van der Waals surface area contributed by atoms with Crippen LogP contribution in [0.2, 0.25) is 0 Å². The van der Waals surface area contributed by atoms with Gasteiger partial charge in [-0.05, 0) is 26.8 Å². The molecule has 2 aromatic rings. The topological polar surface area (TPSA) is 98.7 Å². The molecule has 2 rings (SSSR count). The van der Waals surface area contributed by atoms with E-state index >= 15 is 0 Å². The van der Waals surface area contributed by atoms with Crippen molar-refractivity contribution in [3.05, 3.63) is 29.3 Å². The lowest BCUT2D eigenvalue weighted by molar-refractivity contribution is 0.102. The summed E-state index contributed by atoms with van der Waals surface area (Å²) < 4.78 is 1.60. The molecule has 100 valence electrons. The van der Waals surface area contributed by atoms with Gasteiger partial charge in [-0.25, -0.2) is 9.97 Å². The molecule has 0 aliphatic carbocycles. The minimum atomic E-state index is -0.408. The summed E-state index contributed by atoms with van der Waals surface area (Å²) in [4.78, 5) is 20.3. The highest BCUT2D eigenvalue weighted by Crippen LogP contribution is 2.11. The summed E-state index contributed by atoms with van der Waals surface area (Å²) in [6.07, 6.45) is 1.62. The SMILES string of the molecule is CCn1cc(N)c(C(=O)Nc2nc(C)cc(C)n2)n1. The minimum Gasteiger partial charge on any atom is -0.396 e. The van der Waals surface area contributed by atoms with Crippen molar-refractivity contribution in [2.24, 2.45) is 0 Å². The van der Waals surface area contributed by atoms with E-state index in [-0.39, 0.29) is 11.6 Å². The van der Waals surface area contributed by atoms with Gasteiger partial charge in [0.05, 0.1) is 5.69 Å². The smallest absolute Gasteiger partial charge is 0.280 e. The number of carbonyl (C=O) groups is 1. The van der Waals surface area contributed by atoms with Crippen LogP contribution in [0.15, 0.2) is 12.3 Å². The summed E-state index contributed by atoms with van der Waals surface area (Å²) in [6, 6.07) is 1.83. The molecule has 0 aliphatic rings. The Morgan fingerprint density at radius 1 is 1.37 bits per heavy atom. The molecule has 0 saturated carbocycles. The Balaban J connectivity index is 2.22. The summed E-state index contributed by atoms with van der Waals surface area (Å²) in [6.45, 7) is 6.24. The van der Waals surface area contributed by atoms with Crippen LogP contribution in [0.3, 0.4) is 0 Å². The van der Waals surface area contributed by atoms with Gasteiger partial charge in [-0.3, -0.25) is 14.8 Å². The van der Waals surface area contributed by atoms with Crippen molar-refractivity contribution >= 4 is 17.5 Å². The molecule has 7 heteroatoms. The molecule has 2 aromatic heterocycles. The second-order valence-electron chi connectivity index (χ2n) is 4.22. The maximum absolute atomic E-state index is 12.0. The predicted octanol–water partition coefficient (Wildman–Crippen LogP) is 1.14. The van der Waals surface area contributed by atoms with Crippen LogP contribution < -0.4 is 11.1 Å². The summed E-state index contributed by atoms with van der Waals surface area (Å²) in [7, 11) is 0. The number of rotatable bonds is 3. The van der Waals surface area contributed by atoms with Crippen LogP contribution in [-0.4, -0.2) is 25.7 Å². The Kier molecular flexibility index (Phi) is 3.46. The molecule has 0 bridgehead atoms.